The molecule has 5 heteroatoms. The molecule has 4 nitrogen and oxygen atoms in total. The van der Waals surface area contributed by atoms with Crippen LogP contribution >= 0.6 is 11.6 Å². The Hall–Kier alpha value is -1.42. The highest BCUT2D eigenvalue weighted by atomic mass is 35.5. The summed E-state index contributed by atoms with van der Waals surface area (Å²) in [6.45, 7) is 4.45. The van der Waals surface area contributed by atoms with Crippen molar-refractivity contribution in [2.75, 3.05) is 17.8 Å². The van der Waals surface area contributed by atoms with Gasteiger partial charge in [0, 0.05) is 18.1 Å². The summed E-state index contributed by atoms with van der Waals surface area (Å²) < 4.78 is 11.2. The van der Waals surface area contributed by atoms with Crippen molar-refractivity contribution in [1.82, 2.24) is 0 Å². The molecule has 1 atom stereocenters. The van der Waals surface area contributed by atoms with Crippen LogP contribution in [0.4, 0.5) is 5.69 Å². The van der Waals surface area contributed by atoms with Gasteiger partial charge in [0.25, 0.3) is 0 Å². The molecule has 1 amide bonds. The molecule has 0 saturated carbocycles. The number of nitrogens with one attached hydrogen (secondary N) is 1. The van der Waals surface area contributed by atoms with Gasteiger partial charge in [-0.25, -0.2) is 0 Å². The summed E-state index contributed by atoms with van der Waals surface area (Å²) in [5, 5.41) is 2.71. The van der Waals surface area contributed by atoms with E-state index in [0.29, 0.717) is 18.0 Å². The maximum absolute atomic E-state index is 11.4. The molecule has 98 valence electrons. The minimum absolute atomic E-state index is 0.0834. The van der Waals surface area contributed by atoms with Crippen LogP contribution < -0.4 is 14.8 Å². The Morgan fingerprint density at radius 3 is 3.06 bits per heavy atom. The Kier molecular flexibility index (Phi) is 3.97. The first-order chi connectivity index (χ1) is 8.63. The number of carbonyl (C=O) groups is 1. The number of carbonyl (C=O) groups excluding carboxylic acids is 1. The summed E-state index contributed by atoms with van der Waals surface area (Å²) in [5.41, 5.74) is 1.71. The largest absolute Gasteiger partial charge is 0.492 e. The van der Waals surface area contributed by atoms with Crippen LogP contribution in [-0.4, -0.2) is 24.5 Å². The Bertz CT molecular complexity index is 462. The van der Waals surface area contributed by atoms with Gasteiger partial charge in [0.05, 0.1) is 12.3 Å². The summed E-state index contributed by atoms with van der Waals surface area (Å²) in [6, 6.07) is 3.72. The third kappa shape index (κ3) is 2.70. The molecule has 1 aliphatic rings. The molecule has 0 spiro atoms. The van der Waals surface area contributed by atoms with E-state index in [1.54, 1.807) is 6.07 Å². The van der Waals surface area contributed by atoms with Crippen LogP contribution in [-0.2, 0) is 11.2 Å². The lowest BCUT2D eigenvalue weighted by molar-refractivity contribution is -0.113. The topological polar surface area (TPSA) is 47.6 Å². The van der Waals surface area contributed by atoms with Crippen molar-refractivity contribution in [3.63, 3.8) is 0 Å². The standard InChI is InChI=1S/C13H16ClNO3/c1-3-17-12-5-9-4-8(2)18-11(9)6-10(12)15-13(16)7-14/h5-6,8H,3-4,7H2,1-2H3,(H,15,16)/t8-/m1/s1. The minimum atomic E-state index is -0.261. The zero-order valence-electron chi connectivity index (χ0n) is 10.5. The summed E-state index contributed by atoms with van der Waals surface area (Å²) in [7, 11) is 0. The summed E-state index contributed by atoms with van der Waals surface area (Å²) in [5.74, 6) is 1.12. The van der Waals surface area contributed by atoms with Crippen molar-refractivity contribution in [2.45, 2.75) is 26.4 Å². The average Bonchev–Trinajstić information content (AvgIpc) is 2.69. The number of fused-ring (bicyclic) bond motifs is 1. The molecule has 0 aliphatic carbocycles. The number of anilines is 1. The first-order valence-corrected chi connectivity index (χ1v) is 6.49. The van der Waals surface area contributed by atoms with E-state index in [-0.39, 0.29) is 17.9 Å². The fourth-order valence-corrected chi connectivity index (χ4v) is 2.06. The van der Waals surface area contributed by atoms with Crippen LogP contribution in [0.5, 0.6) is 11.5 Å². The summed E-state index contributed by atoms with van der Waals surface area (Å²) >= 11 is 5.49. The fourth-order valence-electron chi connectivity index (χ4n) is 2.00. The zero-order chi connectivity index (χ0) is 13.1. The van der Waals surface area contributed by atoms with Crippen molar-refractivity contribution in [3.05, 3.63) is 17.7 Å². The highest BCUT2D eigenvalue weighted by Crippen LogP contribution is 2.37. The number of alkyl halides is 1. The van der Waals surface area contributed by atoms with E-state index in [1.807, 2.05) is 19.9 Å². The molecular weight excluding hydrogens is 254 g/mol. The average molecular weight is 270 g/mol. The zero-order valence-corrected chi connectivity index (χ0v) is 11.2. The molecule has 1 N–H and O–H groups in total. The molecule has 1 aromatic carbocycles. The lowest BCUT2D eigenvalue weighted by Gasteiger charge is -2.12. The Balaban J connectivity index is 2.31. The Labute approximate surface area is 111 Å². The molecule has 0 saturated heterocycles. The van der Waals surface area contributed by atoms with E-state index < -0.39 is 0 Å². The van der Waals surface area contributed by atoms with Crippen LogP contribution in [0.25, 0.3) is 0 Å². The first-order valence-electron chi connectivity index (χ1n) is 5.96. The van der Waals surface area contributed by atoms with Crippen molar-refractivity contribution in [2.24, 2.45) is 0 Å². The first kappa shape index (κ1) is 13.0. The SMILES string of the molecule is CCOc1cc2c(cc1NC(=O)CCl)O[C@H](C)C2. The van der Waals surface area contributed by atoms with Gasteiger partial charge in [-0.15, -0.1) is 11.6 Å². The fraction of sp³-hybridized carbons (Fsp3) is 0.462. The lowest BCUT2D eigenvalue weighted by atomic mass is 10.1. The quantitative estimate of drug-likeness (QED) is 0.855. The normalized spacial score (nSPS) is 16.9. The van der Waals surface area contributed by atoms with Crippen LogP contribution in [0.15, 0.2) is 12.1 Å². The number of benzene rings is 1. The van der Waals surface area contributed by atoms with Crippen LogP contribution in [0, 0.1) is 0 Å². The molecule has 1 aliphatic heterocycles. The second-order valence-corrected chi connectivity index (χ2v) is 4.47. The molecule has 1 heterocycles. The van der Waals surface area contributed by atoms with Crippen LogP contribution in [0.1, 0.15) is 19.4 Å². The number of halogens is 1. The van der Waals surface area contributed by atoms with Gasteiger partial charge in [-0.2, -0.15) is 0 Å². The van der Waals surface area contributed by atoms with Gasteiger partial charge in [0.15, 0.2) is 0 Å². The van der Waals surface area contributed by atoms with Gasteiger partial charge in [0.1, 0.15) is 23.5 Å². The summed E-state index contributed by atoms with van der Waals surface area (Å²) in [6.07, 6.45) is 1.02. The monoisotopic (exact) mass is 269 g/mol. The smallest absolute Gasteiger partial charge is 0.239 e. The number of hydrogen-bond donors (Lipinski definition) is 1. The minimum Gasteiger partial charge on any atom is -0.492 e. The van der Waals surface area contributed by atoms with Crippen molar-refractivity contribution < 1.29 is 14.3 Å². The predicted octanol–water partition coefficient (Wildman–Crippen LogP) is 2.59. The van der Waals surface area contributed by atoms with E-state index >= 15 is 0 Å². The molecule has 1 aromatic rings. The number of ether oxygens (including phenoxy) is 2. The van der Waals surface area contributed by atoms with Gasteiger partial charge in [-0.05, 0) is 19.9 Å². The Morgan fingerprint density at radius 1 is 1.61 bits per heavy atom. The second kappa shape index (κ2) is 5.48. The molecule has 0 unspecified atom stereocenters. The van der Waals surface area contributed by atoms with Crippen LogP contribution in [0.2, 0.25) is 0 Å². The molecule has 18 heavy (non-hydrogen) atoms. The highest BCUT2D eigenvalue weighted by molar-refractivity contribution is 6.29. The lowest BCUT2D eigenvalue weighted by Crippen LogP contribution is -2.13. The van der Waals surface area contributed by atoms with Crippen LogP contribution in [0.3, 0.4) is 0 Å². The van der Waals surface area contributed by atoms with Gasteiger partial charge >= 0.3 is 0 Å². The third-order valence-electron chi connectivity index (χ3n) is 2.69. The summed E-state index contributed by atoms with van der Waals surface area (Å²) in [4.78, 5) is 11.4. The molecule has 2 rings (SSSR count). The molecule has 0 bridgehead atoms. The maximum atomic E-state index is 11.4. The third-order valence-corrected chi connectivity index (χ3v) is 2.94. The molecule has 0 aromatic heterocycles. The van der Waals surface area contributed by atoms with E-state index in [4.69, 9.17) is 21.1 Å². The number of hydrogen-bond acceptors (Lipinski definition) is 3. The predicted molar refractivity (Wildman–Crippen MR) is 70.8 cm³/mol. The van der Waals surface area contributed by atoms with E-state index in [0.717, 1.165) is 17.7 Å². The van der Waals surface area contributed by atoms with E-state index in [9.17, 15) is 4.79 Å². The Morgan fingerprint density at radius 2 is 2.39 bits per heavy atom. The number of amides is 1. The van der Waals surface area contributed by atoms with E-state index in [2.05, 4.69) is 5.32 Å². The second-order valence-electron chi connectivity index (χ2n) is 4.20. The van der Waals surface area contributed by atoms with Crippen molar-refractivity contribution >= 4 is 23.2 Å². The maximum Gasteiger partial charge on any atom is 0.239 e. The van der Waals surface area contributed by atoms with Gasteiger partial charge in [-0.1, -0.05) is 0 Å². The molecular formula is C13H16ClNO3. The van der Waals surface area contributed by atoms with Crippen molar-refractivity contribution in [1.29, 1.82) is 0 Å². The van der Waals surface area contributed by atoms with Gasteiger partial charge < -0.3 is 14.8 Å². The molecule has 0 fully saturated rings. The molecule has 0 radical (unpaired) electrons. The number of rotatable bonds is 4. The van der Waals surface area contributed by atoms with E-state index in [1.165, 1.54) is 0 Å². The highest BCUT2D eigenvalue weighted by Gasteiger charge is 2.22. The van der Waals surface area contributed by atoms with Crippen molar-refractivity contribution in [3.8, 4) is 11.5 Å². The van der Waals surface area contributed by atoms with Gasteiger partial charge in [-0.3, -0.25) is 4.79 Å². The van der Waals surface area contributed by atoms with Gasteiger partial charge in [0.2, 0.25) is 5.91 Å².